The number of nitrogens with zero attached hydrogens (tertiary/aromatic N) is 1. The zero-order chi connectivity index (χ0) is 17.3. The van der Waals surface area contributed by atoms with Gasteiger partial charge in [-0.1, -0.05) is 12.1 Å². The van der Waals surface area contributed by atoms with Gasteiger partial charge in [-0.3, -0.25) is 9.79 Å². The summed E-state index contributed by atoms with van der Waals surface area (Å²) in [6, 6.07) is 6.56. The Hall–Kier alpha value is -1.38. The molecule has 24 heavy (non-hydrogen) atoms. The van der Waals surface area contributed by atoms with Crippen LogP contribution in [-0.2, 0) is 11.2 Å². The lowest BCUT2D eigenvalue weighted by Crippen LogP contribution is -2.41. The van der Waals surface area contributed by atoms with Gasteiger partial charge in [-0.2, -0.15) is 0 Å². The number of carbonyl (C=O) groups is 1. The van der Waals surface area contributed by atoms with E-state index in [9.17, 15) is 9.18 Å². The largest absolute Gasteiger partial charge is 0.359 e. The minimum absolute atomic E-state index is 0. The summed E-state index contributed by atoms with van der Waals surface area (Å²) < 4.78 is 13.1. The van der Waals surface area contributed by atoms with Crippen LogP contribution in [0.25, 0.3) is 0 Å². The van der Waals surface area contributed by atoms with Gasteiger partial charge in [0.1, 0.15) is 5.82 Å². The molecule has 136 valence electrons. The second kappa shape index (κ2) is 11.2. The molecule has 1 rings (SSSR count). The maximum atomic E-state index is 13.1. The minimum Gasteiger partial charge on any atom is -0.359 e. The first-order valence-electron chi connectivity index (χ1n) is 7.88. The lowest BCUT2D eigenvalue weighted by atomic mass is 9.93. The molecule has 3 N–H and O–H groups in total. The highest BCUT2D eigenvalue weighted by atomic mass is 127. The quantitative estimate of drug-likeness (QED) is 0.340. The van der Waals surface area contributed by atoms with Crippen LogP contribution in [0.5, 0.6) is 0 Å². The molecule has 1 aromatic carbocycles. The number of aliphatic imine (C=N–C) groups is 1. The van der Waals surface area contributed by atoms with E-state index in [2.05, 4.69) is 20.9 Å². The van der Waals surface area contributed by atoms with Crippen LogP contribution in [0, 0.1) is 11.2 Å². The zero-order valence-electron chi connectivity index (χ0n) is 14.8. The Balaban J connectivity index is 0.00000529. The number of guanidine groups is 1. The SMILES string of the molecule is CCNC(=NCC(C)(C)C(=O)NC)NCCc1cccc(F)c1.I. The van der Waals surface area contributed by atoms with Crippen LogP contribution in [0.1, 0.15) is 26.3 Å². The van der Waals surface area contributed by atoms with Crippen LogP contribution in [-0.4, -0.2) is 38.5 Å². The fourth-order valence-corrected chi connectivity index (χ4v) is 2.05. The van der Waals surface area contributed by atoms with Gasteiger partial charge in [-0.05, 0) is 44.9 Å². The smallest absolute Gasteiger partial charge is 0.227 e. The van der Waals surface area contributed by atoms with Crippen molar-refractivity contribution in [3.8, 4) is 0 Å². The molecule has 0 saturated carbocycles. The molecule has 0 aromatic heterocycles. The number of rotatable bonds is 7. The van der Waals surface area contributed by atoms with Crippen LogP contribution >= 0.6 is 24.0 Å². The third-order valence-corrected chi connectivity index (χ3v) is 3.41. The van der Waals surface area contributed by atoms with Gasteiger partial charge in [0.25, 0.3) is 0 Å². The molecule has 0 aliphatic carbocycles. The van der Waals surface area contributed by atoms with Gasteiger partial charge in [0.05, 0.1) is 12.0 Å². The first-order chi connectivity index (χ1) is 10.9. The van der Waals surface area contributed by atoms with Crippen LogP contribution in [0.4, 0.5) is 4.39 Å². The van der Waals surface area contributed by atoms with Gasteiger partial charge < -0.3 is 16.0 Å². The Labute approximate surface area is 160 Å². The third kappa shape index (κ3) is 7.94. The molecule has 0 unspecified atom stereocenters. The van der Waals surface area contributed by atoms with E-state index in [1.165, 1.54) is 12.1 Å². The van der Waals surface area contributed by atoms with Gasteiger partial charge >= 0.3 is 0 Å². The summed E-state index contributed by atoms with van der Waals surface area (Å²) in [7, 11) is 1.62. The van der Waals surface area contributed by atoms with Gasteiger partial charge in [-0.25, -0.2) is 4.39 Å². The van der Waals surface area contributed by atoms with Crippen LogP contribution in [0.2, 0.25) is 0 Å². The molecule has 0 aliphatic rings. The van der Waals surface area contributed by atoms with Crippen molar-refractivity contribution < 1.29 is 9.18 Å². The van der Waals surface area contributed by atoms with Crippen LogP contribution in [0.3, 0.4) is 0 Å². The number of hydrogen-bond donors (Lipinski definition) is 3. The van der Waals surface area contributed by atoms with Crippen molar-refractivity contribution in [2.45, 2.75) is 27.2 Å². The van der Waals surface area contributed by atoms with E-state index in [4.69, 9.17) is 0 Å². The molecular formula is C17H28FIN4O. The first-order valence-corrected chi connectivity index (χ1v) is 7.88. The monoisotopic (exact) mass is 450 g/mol. The Kier molecular flexibility index (Phi) is 10.6. The summed E-state index contributed by atoms with van der Waals surface area (Å²) in [6.07, 6.45) is 0.695. The minimum atomic E-state index is -0.570. The molecule has 0 radical (unpaired) electrons. The number of hydrogen-bond acceptors (Lipinski definition) is 2. The summed E-state index contributed by atoms with van der Waals surface area (Å²) in [5.74, 6) is 0.383. The Morgan fingerprint density at radius 1 is 1.29 bits per heavy atom. The first kappa shape index (κ1) is 22.6. The van der Waals surface area contributed by atoms with E-state index < -0.39 is 5.41 Å². The standard InChI is InChI=1S/C17H27FN4O.HI/c1-5-20-16(22-12-17(2,3)15(23)19-4)21-10-9-13-7-6-8-14(18)11-13;/h6-8,11H,5,9-10,12H2,1-4H3,(H,19,23)(H2,20,21,22);1H. The fraction of sp³-hybridized carbons (Fsp3) is 0.529. The van der Waals surface area contributed by atoms with Crippen molar-refractivity contribution in [2.24, 2.45) is 10.4 Å². The van der Waals surface area contributed by atoms with E-state index >= 15 is 0 Å². The van der Waals surface area contributed by atoms with Crippen molar-refractivity contribution in [3.05, 3.63) is 35.6 Å². The number of benzene rings is 1. The maximum absolute atomic E-state index is 13.1. The van der Waals surface area contributed by atoms with Crippen LogP contribution in [0.15, 0.2) is 29.3 Å². The lowest BCUT2D eigenvalue weighted by molar-refractivity contribution is -0.128. The zero-order valence-corrected chi connectivity index (χ0v) is 17.1. The molecule has 0 spiro atoms. The third-order valence-electron chi connectivity index (χ3n) is 3.41. The maximum Gasteiger partial charge on any atom is 0.227 e. The summed E-state index contributed by atoms with van der Waals surface area (Å²) in [5, 5.41) is 8.99. The molecule has 0 atom stereocenters. The molecule has 0 bridgehead atoms. The van der Waals surface area contributed by atoms with Gasteiger partial charge in [0.2, 0.25) is 5.91 Å². The summed E-state index contributed by atoms with van der Waals surface area (Å²) in [4.78, 5) is 16.2. The Morgan fingerprint density at radius 3 is 2.58 bits per heavy atom. The van der Waals surface area contributed by atoms with E-state index in [0.717, 1.165) is 12.1 Å². The van der Waals surface area contributed by atoms with Crippen molar-refractivity contribution in [1.82, 2.24) is 16.0 Å². The van der Waals surface area contributed by atoms with E-state index in [1.807, 2.05) is 26.8 Å². The van der Waals surface area contributed by atoms with Gasteiger partial charge in [0, 0.05) is 20.1 Å². The highest BCUT2D eigenvalue weighted by molar-refractivity contribution is 14.0. The Bertz CT molecular complexity index is 549. The van der Waals surface area contributed by atoms with Gasteiger partial charge in [-0.15, -0.1) is 24.0 Å². The fourth-order valence-electron chi connectivity index (χ4n) is 2.05. The van der Waals surface area contributed by atoms with E-state index in [1.54, 1.807) is 13.1 Å². The second-order valence-electron chi connectivity index (χ2n) is 5.96. The average molecular weight is 450 g/mol. The van der Waals surface area contributed by atoms with Crippen molar-refractivity contribution >= 4 is 35.8 Å². The van der Waals surface area contributed by atoms with Crippen molar-refractivity contribution in [3.63, 3.8) is 0 Å². The molecule has 0 heterocycles. The van der Waals surface area contributed by atoms with E-state index in [-0.39, 0.29) is 35.7 Å². The predicted molar refractivity (Wildman–Crippen MR) is 107 cm³/mol. The molecule has 0 fully saturated rings. The second-order valence-corrected chi connectivity index (χ2v) is 5.96. The summed E-state index contributed by atoms with van der Waals surface area (Å²) in [5.41, 5.74) is 0.360. The molecule has 0 aliphatic heterocycles. The molecule has 1 amide bonds. The molecular weight excluding hydrogens is 422 g/mol. The molecule has 5 nitrogen and oxygen atoms in total. The molecule has 0 saturated heterocycles. The summed E-state index contributed by atoms with van der Waals surface area (Å²) >= 11 is 0. The predicted octanol–water partition coefficient (Wildman–Crippen LogP) is 2.31. The average Bonchev–Trinajstić information content (AvgIpc) is 2.52. The number of carbonyl (C=O) groups excluding carboxylic acids is 1. The van der Waals surface area contributed by atoms with Crippen LogP contribution < -0.4 is 16.0 Å². The summed E-state index contributed by atoms with van der Waals surface area (Å²) in [6.45, 7) is 7.43. The molecule has 7 heteroatoms. The number of halogens is 2. The van der Waals surface area contributed by atoms with E-state index in [0.29, 0.717) is 25.5 Å². The normalized spacial score (nSPS) is 11.5. The highest BCUT2D eigenvalue weighted by Gasteiger charge is 2.26. The highest BCUT2D eigenvalue weighted by Crippen LogP contribution is 2.15. The van der Waals surface area contributed by atoms with Gasteiger partial charge in [0.15, 0.2) is 5.96 Å². The van der Waals surface area contributed by atoms with Crippen molar-refractivity contribution in [2.75, 3.05) is 26.7 Å². The lowest BCUT2D eigenvalue weighted by Gasteiger charge is -2.21. The number of nitrogens with one attached hydrogen (secondary N) is 3. The topological polar surface area (TPSA) is 65.5 Å². The molecule has 1 aromatic rings. The number of amides is 1. The Morgan fingerprint density at radius 2 is 2.00 bits per heavy atom. The van der Waals surface area contributed by atoms with Crippen molar-refractivity contribution in [1.29, 1.82) is 0 Å².